The number of alkyl halides is 3. The van der Waals surface area contributed by atoms with Gasteiger partial charge < -0.3 is 24.7 Å². The van der Waals surface area contributed by atoms with Gasteiger partial charge in [-0.25, -0.2) is 13.6 Å². The van der Waals surface area contributed by atoms with Crippen molar-refractivity contribution in [1.82, 2.24) is 9.47 Å². The molecule has 0 unspecified atom stereocenters. The second-order valence-electron chi connectivity index (χ2n) is 11.7. The molecule has 14 heteroatoms. The number of nitriles is 1. The van der Waals surface area contributed by atoms with Crippen LogP contribution in [0.15, 0.2) is 47.4 Å². The van der Waals surface area contributed by atoms with E-state index in [1.807, 2.05) is 12.1 Å². The minimum absolute atomic E-state index is 0.00361. The van der Waals surface area contributed by atoms with Crippen molar-refractivity contribution in [2.45, 2.75) is 68.2 Å². The highest BCUT2D eigenvalue weighted by Gasteiger charge is 2.37. The number of likely N-dealkylation sites (N-methyl/N-ethyl adjacent to an activating group) is 1. The molecule has 0 amide bonds. The van der Waals surface area contributed by atoms with E-state index in [9.17, 15) is 21.6 Å². The summed E-state index contributed by atoms with van der Waals surface area (Å²) in [6, 6.07) is 12.8. The van der Waals surface area contributed by atoms with E-state index in [0.29, 0.717) is 23.2 Å². The fourth-order valence-electron chi connectivity index (χ4n) is 6.18. The SMILES string of the molecule is CCC1(N(C)CCOC)CCC(Nc2cccc3c2cc(C#CCNc2ccc(S(N)(=O)=O)cc2OCC#N)n3CC(F)(F)F)CC1. The summed E-state index contributed by atoms with van der Waals surface area (Å²) in [5.41, 5.74) is 1.83. The van der Waals surface area contributed by atoms with Crippen molar-refractivity contribution >= 4 is 32.3 Å². The first-order chi connectivity index (χ1) is 22.3. The van der Waals surface area contributed by atoms with Crippen LogP contribution in [0.2, 0.25) is 0 Å². The lowest BCUT2D eigenvalue weighted by Gasteiger charge is -2.46. The number of primary sulfonamides is 1. The van der Waals surface area contributed by atoms with Crippen LogP contribution < -0.4 is 20.5 Å². The van der Waals surface area contributed by atoms with Gasteiger partial charge in [-0.15, -0.1) is 0 Å². The molecule has 0 bridgehead atoms. The topological polar surface area (TPSA) is 135 Å². The summed E-state index contributed by atoms with van der Waals surface area (Å²) in [6.45, 7) is 2.20. The van der Waals surface area contributed by atoms with Crippen LogP contribution in [0.25, 0.3) is 10.9 Å². The summed E-state index contributed by atoms with van der Waals surface area (Å²) >= 11 is 0. The molecule has 10 nitrogen and oxygen atoms in total. The molecule has 254 valence electrons. The Morgan fingerprint density at radius 1 is 1.17 bits per heavy atom. The molecule has 4 rings (SSSR count). The highest BCUT2D eigenvalue weighted by Crippen LogP contribution is 2.38. The van der Waals surface area contributed by atoms with E-state index in [4.69, 9.17) is 19.9 Å². The smallest absolute Gasteiger partial charge is 0.406 e. The van der Waals surface area contributed by atoms with Crippen LogP contribution in [0, 0.1) is 23.2 Å². The van der Waals surface area contributed by atoms with Crippen molar-refractivity contribution in [1.29, 1.82) is 5.26 Å². The van der Waals surface area contributed by atoms with Crippen molar-refractivity contribution in [3.05, 3.63) is 48.2 Å². The van der Waals surface area contributed by atoms with Gasteiger partial charge in [0.05, 0.1) is 34.9 Å². The first kappa shape index (κ1) is 35.9. The minimum Gasteiger partial charge on any atom is -0.477 e. The molecule has 1 aliphatic rings. The van der Waals surface area contributed by atoms with Crippen LogP contribution in [-0.4, -0.2) is 76.1 Å². The third-order valence-electron chi connectivity index (χ3n) is 8.82. The second-order valence-corrected chi connectivity index (χ2v) is 13.2. The van der Waals surface area contributed by atoms with Crippen LogP contribution in [-0.2, 0) is 21.3 Å². The molecule has 0 atom stereocenters. The molecule has 0 radical (unpaired) electrons. The lowest BCUT2D eigenvalue weighted by Crippen LogP contribution is -2.51. The van der Waals surface area contributed by atoms with E-state index in [1.54, 1.807) is 25.3 Å². The van der Waals surface area contributed by atoms with Gasteiger partial charge in [0.1, 0.15) is 18.4 Å². The van der Waals surface area contributed by atoms with Gasteiger partial charge >= 0.3 is 6.18 Å². The Balaban J connectivity index is 1.55. The van der Waals surface area contributed by atoms with Crippen LogP contribution in [0.1, 0.15) is 44.7 Å². The Morgan fingerprint density at radius 2 is 1.91 bits per heavy atom. The molecule has 47 heavy (non-hydrogen) atoms. The second kappa shape index (κ2) is 15.3. The number of nitrogens with one attached hydrogen (secondary N) is 2. The summed E-state index contributed by atoms with van der Waals surface area (Å²) in [4.78, 5) is 2.19. The quantitative estimate of drug-likeness (QED) is 0.208. The number of halogens is 3. The van der Waals surface area contributed by atoms with Gasteiger partial charge in [0, 0.05) is 42.4 Å². The zero-order valence-corrected chi connectivity index (χ0v) is 27.6. The fourth-order valence-corrected chi connectivity index (χ4v) is 6.71. The summed E-state index contributed by atoms with van der Waals surface area (Å²) < 4.78 is 76.4. The predicted molar refractivity (Wildman–Crippen MR) is 176 cm³/mol. The van der Waals surface area contributed by atoms with Crippen molar-refractivity contribution in [2.24, 2.45) is 5.14 Å². The van der Waals surface area contributed by atoms with Gasteiger partial charge in [-0.3, -0.25) is 4.90 Å². The van der Waals surface area contributed by atoms with E-state index in [-0.39, 0.29) is 41.1 Å². The Bertz CT molecular complexity index is 1750. The maximum Gasteiger partial charge on any atom is 0.406 e. The molecule has 0 aliphatic heterocycles. The number of anilines is 2. The third kappa shape index (κ3) is 9.11. The highest BCUT2D eigenvalue weighted by atomic mass is 32.2. The van der Waals surface area contributed by atoms with E-state index in [1.165, 1.54) is 22.8 Å². The van der Waals surface area contributed by atoms with Crippen molar-refractivity contribution in [3.63, 3.8) is 0 Å². The van der Waals surface area contributed by atoms with Crippen LogP contribution >= 0.6 is 0 Å². The zero-order valence-electron chi connectivity index (χ0n) is 26.8. The Kier molecular flexibility index (Phi) is 11.7. The molecule has 3 aromatic rings. The molecule has 1 heterocycles. The van der Waals surface area contributed by atoms with Gasteiger partial charge in [-0.05, 0) is 75.4 Å². The number of benzene rings is 2. The molecule has 4 N–H and O–H groups in total. The number of methoxy groups -OCH3 is 1. The van der Waals surface area contributed by atoms with Gasteiger partial charge in [0.2, 0.25) is 10.0 Å². The average molecular weight is 675 g/mol. The first-order valence-electron chi connectivity index (χ1n) is 15.4. The highest BCUT2D eigenvalue weighted by molar-refractivity contribution is 7.89. The molecule has 2 aromatic carbocycles. The normalized spacial score (nSPS) is 18.4. The third-order valence-corrected chi connectivity index (χ3v) is 9.73. The summed E-state index contributed by atoms with van der Waals surface area (Å²) in [5, 5.41) is 21.3. The van der Waals surface area contributed by atoms with E-state index in [2.05, 4.69) is 41.3 Å². The fraction of sp³-hybridized carbons (Fsp3) is 0.485. The maximum atomic E-state index is 13.7. The van der Waals surface area contributed by atoms with Gasteiger partial charge in [0.25, 0.3) is 0 Å². The number of hydrogen-bond donors (Lipinski definition) is 3. The largest absolute Gasteiger partial charge is 0.477 e. The van der Waals surface area contributed by atoms with Crippen LogP contribution in [0.5, 0.6) is 5.75 Å². The molecule has 0 saturated heterocycles. The zero-order chi connectivity index (χ0) is 34.2. The first-order valence-corrected chi connectivity index (χ1v) is 16.9. The molecule has 1 aliphatic carbocycles. The number of hydrogen-bond acceptors (Lipinski definition) is 8. The van der Waals surface area contributed by atoms with Crippen molar-refractivity contribution in [2.75, 3.05) is 51.1 Å². The maximum absolute atomic E-state index is 13.7. The predicted octanol–water partition coefficient (Wildman–Crippen LogP) is 5.30. The van der Waals surface area contributed by atoms with E-state index < -0.39 is 22.7 Å². The number of aromatic nitrogens is 1. The van der Waals surface area contributed by atoms with Crippen LogP contribution in [0.4, 0.5) is 24.5 Å². The molecule has 1 aromatic heterocycles. The number of fused-ring (bicyclic) bond motifs is 1. The van der Waals surface area contributed by atoms with Gasteiger partial charge in [-0.2, -0.15) is 18.4 Å². The molecule has 0 spiro atoms. The van der Waals surface area contributed by atoms with Crippen LogP contribution in [0.3, 0.4) is 0 Å². The molecular formula is C33H41F3N6O4S. The number of sulfonamides is 1. The summed E-state index contributed by atoms with van der Waals surface area (Å²) in [6.07, 6.45) is 0.433. The van der Waals surface area contributed by atoms with Gasteiger partial charge in [-0.1, -0.05) is 18.9 Å². The van der Waals surface area contributed by atoms with Crippen molar-refractivity contribution < 1.29 is 31.1 Å². The summed E-state index contributed by atoms with van der Waals surface area (Å²) in [5.74, 6) is 5.80. The molecular weight excluding hydrogens is 633 g/mol. The lowest BCUT2D eigenvalue weighted by atomic mass is 9.76. The number of nitrogens with zero attached hydrogens (tertiary/aromatic N) is 3. The molecule has 1 fully saturated rings. The lowest BCUT2D eigenvalue weighted by molar-refractivity contribution is -0.140. The molecule has 1 saturated carbocycles. The monoisotopic (exact) mass is 674 g/mol. The average Bonchev–Trinajstić information content (AvgIpc) is 3.37. The summed E-state index contributed by atoms with van der Waals surface area (Å²) in [7, 11) is -0.166. The number of nitrogens with two attached hydrogens (primary N) is 1. The Labute approximate surface area is 274 Å². The van der Waals surface area contributed by atoms with Crippen molar-refractivity contribution in [3.8, 4) is 23.7 Å². The van der Waals surface area contributed by atoms with Gasteiger partial charge in [0.15, 0.2) is 6.61 Å². The number of rotatable bonds is 13. The van der Waals surface area contributed by atoms with E-state index in [0.717, 1.165) is 44.3 Å². The number of ether oxygens (including phenoxy) is 2. The Morgan fingerprint density at radius 3 is 2.55 bits per heavy atom. The minimum atomic E-state index is -4.47. The van der Waals surface area contributed by atoms with E-state index >= 15 is 0 Å². The Hall–Kier alpha value is -3.95. The standard InChI is InChI=1S/C33H41F3N6O4S/c1-4-32(41(2)18-20-45-3)14-12-24(13-15-32)40-28-8-5-9-30-27(28)21-25(42(30)23-33(34,35)36)7-6-17-39-29-11-10-26(47(38,43)44)22-31(29)46-19-16-37/h5,8-11,21-22,24,39-40H,4,12-15,17-20,23H2,1-3H3,(H2,38,43,44).